The van der Waals surface area contributed by atoms with Crippen molar-refractivity contribution in [1.29, 1.82) is 0 Å². The fourth-order valence-electron chi connectivity index (χ4n) is 2.75. The van der Waals surface area contributed by atoms with Gasteiger partial charge in [0.05, 0.1) is 13.2 Å². The molecule has 0 radical (unpaired) electrons. The molecule has 0 saturated carbocycles. The van der Waals surface area contributed by atoms with Gasteiger partial charge in [0, 0.05) is 37.7 Å². The van der Waals surface area contributed by atoms with Crippen LogP contribution in [0.1, 0.15) is 11.1 Å². The second-order valence-electron chi connectivity index (χ2n) is 6.19. The molecule has 0 atom stereocenters. The third-order valence-corrected chi connectivity index (χ3v) is 4.53. The average molecular weight is 361 g/mol. The van der Waals surface area contributed by atoms with Crippen LogP contribution in [0, 0.1) is 0 Å². The van der Waals surface area contributed by atoms with Gasteiger partial charge in [-0.3, -0.25) is 4.90 Å². The normalized spacial score (nSPS) is 15.2. The fourth-order valence-corrected chi connectivity index (χ4v) is 2.87. The second kappa shape index (κ2) is 9.78. The summed E-state index contributed by atoms with van der Waals surface area (Å²) in [5, 5.41) is 4.24. The summed E-state index contributed by atoms with van der Waals surface area (Å²) in [4.78, 5) is 2.43. The Morgan fingerprint density at radius 3 is 2.36 bits per heavy atom. The molecule has 2 aromatic carbocycles. The lowest BCUT2D eigenvalue weighted by Crippen LogP contribution is -2.40. The lowest BCUT2D eigenvalue weighted by Gasteiger charge is -2.26. The number of halogens is 1. The van der Waals surface area contributed by atoms with E-state index in [0.29, 0.717) is 6.61 Å². The van der Waals surface area contributed by atoms with Crippen molar-refractivity contribution in [3.8, 4) is 5.75 Å². The van der Waals surface area contributed by atoms with Crippen molar-refractivity contribution >= 4 is 11.6 Å². The highest BCUT2D eigenvalue weighted by molar-refractivity contribution is 6.30. The van der Waals surface area contributed by atoms with Crippen LogP contribution in [0.4, 0.5) is 0 Å². The van der Waals surface area contributed by atoms with E-state index in [0.717, 1.165) is 62.3 Å². The second-order valence-corrected chi connectivity index (χ2v) is 6.63. The van der Waals surface area contributed by atoms with E-state index >= 15 is 0 Å². The van der Waals surface area contributed by atoms with Crippen molar-refractivity contribution in [1.82, 2.24) is 10.2 Å². The predicted molar refractivity (Wildman–Crippen MR) is 101 cm³/mol. The molecule has 1 fully saturated rings. The highest BCUT2D eigenvalue weighted by Crippen LogP contribution is 2.15. The number of ether oxygens (including phenoxy) is 2. The van der Waals surface area contributed by atoms with Gasteiger partial charge in [-0.15, -0.1) is 0 Å². The number of rotatable bonds is 8. The first kappa shape index (κ1) is 18.2. The van der Waals surface area contributed by atoms with E-state index in [1.165, 1.54) is 5.56 Å². The van der Waals surface area contributed by atoms with Gasteiger partial charge in [-0.1, -0.05) is 35.9 Å². The third kappa shape index (κ3) is 6.33. The minimum absolute atomic E-state index is 0.550. The monoisotopic (exact) mass is 360 g/mol. The van der Waals surface area contributed by atoms with E-state index in [4.69, 9.17) is 21.1 Å². The summed E-state index contributed by atoms with van der Waals surface area (Å²) < 4.78 is 11.2. The molecule has 0 aliphatic carbocycles. The molecule has 1 aliphatic heterocycles. The van der Waals surface area contributed by atoms with Gasteiger partial charge in [0.25, 0.3) is 0 Å². The zero-order chi connectivity index (χ0) is 17.3. The minimum Gasteiger partial charge on any atom is -0.489 e. The summed E-state index contributed by atoms with van der Waals surface area (Å²) in [6.07, 6.45) is 0. The molecule has 3 rings (SSSR count). The Labute approximate surface area is 154 Å². The number of hydrogen-bond acceptors (Lipinski definition) is 4. The lowest BCUT2D eigenvalue weighted by molar-refractivity contribution is 0.0384. The van der Waals surface area contributed by atoms with Gasteiger partial charge in [0.1, 0.15) is 12.4 Å². The highest BCUT2D eigenvalue weighted by atomic mass is 35.5. The molecule has 0 amide bonds. The summed E-state index contributed by atoms with van der Waals surface area (Å²) in [6, 6.07) is 16.0. The van der Waals surface area contributed by atoms with Crippen molar-refractivity contribution in [2.75, 3.05) is 39.4 Å². The summed E-state index contributed by atoms with van der Waals surface area (Å²) in [5.41, 5.74) is 2.37. The Hall–Kier alpha value is -1.59. The predicted octanol–water partition coefficient (Wildman–Crippen LogP) is 3.34. The molecule has 0 spiro atoms. The van der Waals surface area contributed by atoms with E-state index in [9.17, 15) is 0 Å². The maximum Gasteiger partial charge on any atom is 0.119 e. The van der Waals surface area contributed by atoms with Crippen LogP contribution in [-0.4, -0.2) is 44.3 Å². The van der Waals surface area contributed by atoms with E-state index in [2.05, 4.69) is 22.3 Å². The number of nitrogens with one attached hydrogen (secondary N) is 1. The van der Waals surface area contributed by atoms with Gasteiger partial charge in [0.2, 0.25) is 0 Å². The third-order valence-electron chi connectivity index (χ3n) is 4.28. The molecular weight excluding hydrogens is 336 g/mol. The summed E-state index contributed by atoms with van der Waals surface area (Å²) in [5.74, 6) is 0.881. The van der Waals surface area contributed by atoms with E-state index in [1.54, 1.807) is 0 Å². The molecule has 1 N–H and O–H groups in total. The van der Waals surface area contributed by atoms with Crippen LogP contribution >= 0.6 is 11.6 Å². The Kier molecular flexibility index (Phi) is 7.12. The standard InChI is InChI=1S/C20H25ClN2O2/c21-19-5-1-18(2-6-19)16-25-20-7-3-17(4-8-20)15-22-9-10-23-11-13-24-14-12-23/h1-8,22H,9-16H2. The van der Waals surface area contributed by atoms with Crippen LogP contribution in [0.3, 0.4) is 0 Å². The zero-order valence-corrected chi connectivity index (χ0v) is 15.2. The number of hydrogen-bond donors (Lipinski definition) is 1. The molecule has 134 valence electrons. The molecule has 5 heteroatoms. The Balaban J connectivity index is 1.35. The Morgan fingerprint density at radius 2 is 1.64 bits per heavy atom. The summed E-state index contributed by atoms with van der Waals surface area (Å²) in [7, 11) is 0. The SMILES string of the molecule is Clc1ccc(COc2ccc(CNCCN3CCOCC3)cc2)cc1. The first-order valence-electron chi connectivity index (χ1n) is 8.76. The van der Waals surface area contributed by atoms with Gasteiger partial charge in [-0.05, 0) is 35.4 Å². The first-order chi connectivity index (χ1) is 12.3. The lowest BCUT2D eigenvalue weighted by atomic mass is 10.2. The quantitative estimate of drug-likeness (QED) is 0.732. The van der Waals surface area contributed by atoms with Crippen molar-refractivity contribution in [3.05, 3.63) is 64.7 Å². The van der Waals surface area contributed by atoms with E-state index in [1.807, 2.05) is 36.4 Å². The molecular formula is C20H25ClN2O2. The van der Waals surface area contributed by atoms with Crippen LogP contribution in [0.2, 0.25) is 5.02 Å². The zero-order valence-electron chi connectivity index (χ0n) is 14.4. The van der Waals surface area contributed by atoms with Crippen LogP contribution in [0.25, 0.3) is 0 Å². The summed E-state index contributed by atoms with van der Waals surface area (Å²) >= 11 is 5.89. The molecule has 25 heavy (non-hydrogen) atoms. The molecule has 1 heterocycles. The van der Waals surface area contributed by atoms with Gasteiger partial charge in [0.15, 0.2) is 0 Å². The molecule has 0 aromatic heterocycles. The Morgan fingerprint density at radius 1 is 0.960 bits per heavy atom. The van der Waals surface area contributed by atoms with Crippen molar-refractivity contribution in [2.45, 2.75) is 13.2 Å². The van der Waals surface area contributed by atoms with Crippen LogP contribution in [0.5, 0.6) is 5.75 Å². The largest absolute Gasteiger partial charge is 0.489 e. The molecule has 1 saturated heterocycles. The van der Waals surface area contributed by atoms with Gasteiger partial charge >= 0.3 is 0 Å². The molecule has 0 bridgehead atoms. The Bertz CT molecular complexity index is 625. The van der Waals surface area contributed by atoms with Crippen LogP contribution < -0.4 is 10.1 Å². The van der Waals surface area contributed by atoms with E-state index < -0.39 is 0 Å². The maximum absolute atomic E-state index is 5.89. The fraction of sp³-hybridized carbons (Fsp3) is 0.400. The van der Waals surface area contributed by atoms with Gasteiger partial charge in [-0.2, -0.15) is 0 Å². The molecule has 0 unspecified atom stereocenters. The van der Waals surface area contributed by atoms with Crippen molar-refractivity contribution < 1.29 is 9.47 Å². The number of benzene rings is 2. The maximum atomic E-state index is 5.89. The van der Waals surface area contributed by atoms with Crippen LogP contribution in [-0.2, 0) is 17.9 Å². The summed E-state index contributed by atoms with van der Waals surface area (Å²) in [6.45, 7) is 7.30. The topological polar surface area (TPSA) is 33.7 Å². The number of morpholine rings is 1. The van der Waals surface area contributed by atoms with Crippen molar-refractivity contribution in [2.24, 2.45) is 0 Å². The molecule has 2 aromatic rings. The first-order valence-corrected chi connectivity index (χ1v) is 9.14. The number of nitrogens with zero attached hydrogens (tertiary/aromatic N) is 1. The smallest absolute Gasteiger partial charge is 0.119 e. The molecule has 1 aliphatic rings. The van der Waals surface area contributed by atoms with Crippen LogP contribution in [0.15, 0.2) is 48.5 Å². The minimum atomic E-state index is 0.550. The van der Waals surface area contributed by atoms with E-state index in [-0.39, 0.29) is 0 Å². The van der Waals surface area contributed by atoms with Gasteiger partial charge in [-0.25, -0.2) is 0 Å². The van der Waals surface area contributed by atoms with Crippen molar-refractivity contribution in [3.63, 3.8) is 0 Å². The molecule has 4 nitrogen and oxygen atoms in total. The van der Waals surface area contributed by atoms with Gasteiger partial charge < -0.3 is 14.8 Å². The highest BCUT2D eigenvalue weighted by Gasteiger charge is 2.08. The average Bonchev–Trinajstić information content (AvgIpc) is 2.67.